The van der Waals surface area contributed by atoms with Crippen LogP contribution >= 0.6 is 0 Å². The second kappa shape index (κ2) is 11.3. The monoisotopic (exact) mass is 648 g/mol. The zero-order valence-electron chi connectivity index (χ0n) is 29.8. The van der Waals surface area contributed by atoms with Gasteiger partial charge in [-0.2, -0.15) is 0 Å². The van der Waals surface area contributed by atoms with Gasteiger partial charge < -0.3 is 18.3 Å². The van der Waals surface area contributed by atoms with Crippen molar-refractivity contribution in [1.82, 2.24) is 0 Å². The summed E-state index contributed by atoms with van der Waals surface area (Å²) in [6, 6.07) is 30.4. The molecule has 4 heteroatoms. The molecule has 0 saturated carbocycles. The van der Waals surface area contributed by atoms with Crippen LogP contribution in [0.25, 0.3) is 77.3 Å². The topological polar surface area (TPSA) is 44.7 Å². The Morgan fingerprint density at radius 3 is 1.41 bits per heavy atom. The molecule has 0 bridgehead atoms. The molecule has 0 unspecified atom stereocenters. The molecule has 0 radical (unpaired) electrons. The summed E-state index contributed by atoms with van der Waals surface area (Å²) in [5, 5.41) is 4.51. The molecule has 2 heterocycles. The standard InChI is InChI=1S/C45H44O4/c1-9-10-19-47-31-17-13-27(14-18-31)33-25-39-43-41-35(33)21-29(45(5,6)7)23-37(41)48-38-24-32(26-11-15-30(46-8)16-12-26)34-20-28(44(2,3)4)22-36(49-39)40(34)42(38)43/h11-18,20-25H,9-10,19H2,1-8H3. The normalized spacial score (nSPS) is 12.7. The van der Waals surface area contributed by atoms with E-state index >= 15 is 0 Å². The van der Waals surface area contributed by atoms with Gasteiger partial charge in [-0.25, -0.2) is 0 Å². The second-order valence-electron chi connectivity index (χ2n) is 15.5. The minimum absolute atomic E-state index is 0.0794. The summed E-state index contributed by atoms with van der Waals surface area (Å²) in [5.41, 5.74) is 12.4. The lowest BCUT2D eigenvalue weighted by Gasteiger charge is -2.27. The fourth-order valence-corrected chi connectivity index (χ4v) is 7.21. The lowest BCUT2D eigenvalue weighted by atomic mass is 9.80. The lowest BCUT2D eigenvalue weighted by Crippen LogP contribution is -2.12. The highest BCUT2D eigenvalue weighted by atomic mass is 16.5. The highest BCUT2D eigenvalue weighted by Gasteiger charge is 2.30. The summed E-state index contributed by atoms with van der Waals surface area (Å²) in [4.78, 5) is 0. The smallest absolute Gasteiger partial charge is 0.136 e. The Kier molecular flexibility index (Phi) is 7.22. The fraction of sp³-hybridized carbons (Fsp3) is 0.289. The van der Waals surface area contributed by atoms with Gasteiger partial charge in [0.25, 0.3) is 0 Å². The molecule has 0 atom stereocenters. The van der Waals surface area contributed by atoms with Crippen LogP contribution in [0.3, 0.4) is 0 Å². The minimum Gasteiger partial charge on any atom is -0.497 e. The quantitative estimate of drug-likeness (QED) is 0.0980. The predicted octanol–water partition coefficient (Wildman–Crippen LogP) is 13.1. The van der Waals surface area contributed by atoms with E-state index in [1.807, 2.05) is 12.1 Å². The van der Waals surface area contributed by atoms with Gasteiger partial charge in [0, 0.05) is 21.9 Å². The summed E-state index contributed by atoms with van der Waals surface area (Å²) >= 11 is 0. The van der Waals surface area contributed by atoms with Crippen molar-refractivity contribution in [3.8, 4) is 44.9 Å². The number of hydrogen-bond acceptors (Lipinski definition) is 4. The first-order valence-electron chi connectivity index (χ1n) is 17.5. The van der Waals surface area contributed by atoms with Crippen LogP contribution in [0.1, 0.15) is 72.4 Å². The zero-order chi connectivity index (χ0) is 34.2. The maximum Gasteiger partial charge on any atom is 0.136 e. The Hall–Kier alpha value is -4.96. The molecule has 6 aromatic rings. The van der Waals surface area contributed by atoms with Gasteiger partial charge in [-0.3, -0.25) is 0 Å². The largest absolute Gasteiger partial charge is 0.497 e. The first kappa shape index (κ1) is 31.3. The molecule has 0 N–H and O–H groups in total. The van der Waals surface area contributed by atoms with E-state index in [9.17, 15) is 0 Å². The number of hydrogen-bond donors (Lipinski definition) is 0. The molecule has 0 amide bonds. The van der Waals surface area contributed by atoms with Gasteiger partial charge in [0.05, 0.1) is 13.7 Å². The van der Waals surface area contributed by atoms with Gasteiger partial charge in [0.1, 0.15) is 33.8 Å². The van der Waals surface area contributed by atoms with Crippen LogP contribution in [0, 0.1) is 0 Å². The number of unbranched alkanes of at least 4 members (excludes halogenated alkanes) is 1. The van der Waals surface area contributed by atoms with E-state index in [4.69, 9.17) is 18.3 Å². The third-order valence-corrected chi connectivity index (χ3v) is 10.1. The first-order valence-corrected chi connectivity index (χ1v) is 17.5. The van der Waals surface area contributed by atoms with Crippen LogP contribution in [-0.4, -0.2) is 13.7 Å². The molecule has 6 aromatic carbocycles. The number of benzene rings is 6. The van der Waals surface area contributed by atoms with Gasteiger partial charge in [-0.1, -0.05) is 79.2 Å². The molecule has 0 aromatic heterocycles. The SMILES string of the molecule is CCCCOc1ccc(-c2cc3oc4cc(C(C)(C)C)cc5c(-c6ccc(OC)cc6)cc6oc7cc(C(C)(C)C)cc2c7c3-c6c45)cc1. The van der Waals surface area contributed by atoms with Crippen molar-refractivity contribution in [3.05, 3.63) is 96.1 Å². The molecule has 0 fully saturated rings. The van der Waals surface area contributed by atoms with E-state index in [-0.39, 0.29) is 10.8 Å². The lowest BCUT2D eigenvalue weighted by molar-refractivity contribution is 0.309. The van der Waals surface area contributed by atoms with Crippen molar-refractivity contribution in [2.24, 2.45) is 0 Å². The highest BCUT2D eigenvalue weighted by Crippen LogP contribution is 2.53. The van der Waals surface area contributed by atoms with Gasteiger partial charge >= 0.3 is 0 Å². The molecule has 2 aliphatic rings. The van der Waals surface area contributed by atoms with Gasteiger partial charge in [-0.15, -0.1) is 0 Å². The summed E-state index contributed by atoms with van der Waals surface area (Å²) in [6.45, 7) is 16.5. The summed E-state index contributed by atoms with van der Waals surface area (Å²) in [7, 11) is 1.70. The molecule has 49 heavy (non-hydrogen) atoms. The van der Waals surface area contributed by atoms with E-state index in [1.165, 1.54) is 11.1 Å². The number of methoxy groups -OCH3 is 1. The Labute approximate surface area is 288 Å². The van der Waals surface area contributed by atoms with E-state index < -0.39 is 0 Å². The molecule has 248 valence electrons. The van der Waals surface area contributed by atoms with Crippen LogP contribution in [0.15, 0.2) is 93.8 Å². The van der Waals surface area contributed by atoms with Crippen molar-refractivity contribution in [1.29, 1.82) is 0 Å². The average Bonchev–Trinajstić information content (AvgIpc) is 3.08. The van der Waals surface area contributed by atoms with Crippen LogP contribution in [-0.2, 0) is 10.8 Å². The third-order valence-electron chi connectivity index (χ3n) is 10.1. The van der Waals surface area contributed by atoms with E-state index in [2.05, 4.69) is 121 Å². The van der Waals surface area contributed by atoms with Gasteiger partial charge in [-0.05, 0) is 122 Å². The molecule has 0 aliphatic carbocycles. The summed E-state index contributed by atoms with van der Waals surface area (Å²) < 4.78 is 25.6. The Bertz CT molecular complexity index is 2420. The van der Waals surface area contributed by atoms with E-state index in [0.29, 0.717) is 0 Å². The maximum atomic E-state index is 7.05. The molecule has 2 aliphatic heterocycles. The maximum absolute atomic E-state index is 7.05. The predicted molar refractivity (Wildman–Crippen MR) is 204 cm³/mol. The highest BCUT2D eigenvalue weighted by molar-refractivity contribution is 6.27. The van der Waals surface area contributed by atoms with Crippen molar-refractivity contribution in [3.63, 3.8) is 0 Å². The van der Waals surface area contributed by atoms with Crippen LogP contribution in [0.4, 0.5) is 0 Å². The van der Waals surface area contributed by atoms with Crippen molar-refractivity contribution < 1.29 is 18.3 Å². The number of rotatable bonds is 7. The number of ether oxygens (including phenoxy) is 2. The van der Waals surface area contributed by atoms with Crippen molar-refractivity contribution >= 4 is 43.9 Å². The summed E-state index contributed by atoms with van der Waals surface area (Å²) in [5.74, 6) is 1.72. The molecule has 4 nitrogen and oxygen atoms in total. The zero-order valence-corrected chi connectivity index (χ0v) is 29.8. The van der Waals surface area contributed by atoms with Gasteiger partial charge in [0.15, 0.2) is 0 Å². The van der Waals surface area contributed by atoms with Crippen LogP contribution in [0.5, 0.6) is 11.5 Å². The van der Waals surface area contributed by atoms with Crippen molar-refractivity contribution in [2.75, 3.05) is 13.7 Å². The Balaban J connectivity index is 1.48. The molecule has 8 rings (SSSR count). The Morgan fingerprint density at radius 2 is 1.00 bits per heavy atom. The van der Waals surface area contributed by atoms with Crippen molar-refractivity contribution in [2.45, 2.75) is 72.1 Å². The first-order chi connectivity index (χ1) is 23.4. The van der Waals surface area contributed by atoms with E-state index in [1.54, 1.807) is 7.11 Å². The minimum atomic E-state index is -0.0802. The average molecular weight is 649 g/mol. The van der Waals surface area contributed by atoms with E-state index in [0.717, 1.165) is 108 Å². The molecular weight excluding hydrogens is 604 g/mol. The Morgan fingerprint density at radius 1 is 0.551 bits per heavy atom. The van der Waals surface area contributed by atoms with Crippen LogP contribution < -0.4 is 9.47 Å². The molecular formula is C45H44O4. The third kappa shape index (κ3) is 5.20. The fourth-order valence-electron chi connectivity index (χ4n) is 7.21. The van der Waals surface area contributed by atoms with Crippen LogP contribution in [0.2, 0.25) is 0 Å². The summed E-state index contributed by atoms with van der Waals surface area (Å²) in [6.07, 6.45) is 2.15. The molecule has 0 saturated heterocycles. The second-order valence-corrected chi connectivity index (χ2v) is 15.5. The molecule has 0 spiro atoms. The van der Waals surface area contributed by atoms with Gasteiger partial charge in [0.2, 0.25) is 0 Å².